The number of aliphatic hydroxyl groups is 1. The van der Waals surface area contributed by atoms with E-state index in [9.17, 15) is 19.5 Å². The minimum Gasteiger partial charge on any atom is -0.432 e. The van der Waals surface area contributed by atoms with Crippen molar-refractivity contribution in [2.45, 2.75) is 62.7 Å². The van der Waals surface area contributed by atoms with Crippen LogP contribution in [0.2, 0.25) is 18.6 Å². The van der Waals surface area contributed by atoms with Gasteiger partial charge in [0.05, 0.1) is 30.9 Å². The summed E-state index contributed by atoms with van der Waals surface area (Å²) in [5.41, 5.74) is 2.19. The number of ether oxygens (including phenoxy) is 1. The van der Waals surface area contributed by atoms with Crippen LogP contribution in [0, 0.1) is 9.49 Å². The highest BCUT2D eigenvalue weighted by molar-refractivity contribution is 14.1. The Balaban J connectivity index is 1.51. The van der Waals surface area contributed by atoms with Crippen molar-refractivity contribution in [1.29, 1.82) is 0 Å². The van der Waals surface area contributed by atoms with Crippen LogP contribution in [-0.2, 0) is 32.9 Å². The Morgan fingerprint density at radius 2 is 1.97 bits per heavy atom. The quantitative estimate of drug-likeness (QED) is 0.282. The fourth-order valence-electron chi connectivity index (χ4n) is 6.89. The van der Waals surface area contributed by atoms with Gasteiger partial charge in [-0.2, -0.15) is 0 Å². The molecule has 3 aliphatic rings. The zero-order valence-corrected chi connectivity index (χ0v) is 25.2. The lowest BCUT2D eigenvalue weighted by atomic mass is 9.82. The summed E-state index contributed by atoms with van der Waals surface area (Å²) in [5, 5.41) is 10.1. The second-order valence-corrected chi connectivity index (χ2v) is 16.5. The average molecular weight is 647 g/mol. The van der Waals surface area contributed by atoms with Crippen LogP contribution in [0.4, 0.5) is 5.69 Å². The lowest BCUT2D eigenvalue weighted by Crippen LogP contribution is -2.48. The third-order valence-corrected chi connectivity index (χ3v) is 11.7. The first kappa shape index (κ1) is 27.5. The molecule has 1 spiro atoms. The fraction of sp³-hybridized carbons (Fsp3) is 0.448. The number of nitrogens with zero attached hydrogens (tertiary/aromatic N) is 2. The number of carbonyl (C=O) groups excluding carboxylic acids is 2. The summed E-state index contributed by atoms with van der Waals surface area (Å²) < 4.78 is 7.75. The largest absolute Gasteiger partial charge is 0.432 e. The maximum atomic E-state index is 14.1. The summed E-state index contributed by atoms with van der Waals surface area (Å²) in [6, 6.07) is 13.6. The van der Waals surface area contributed by atoms with Crippen molar-refractivity contribution >= 4 is 48.4 Å². The van der Waals surface area contributed by atoms with Gasteiger partial charge in [-0.15, -0.1) is 6.58 Å². The van der Waals surface area contributed by atoms with Crippen molar-refractivity contribution in [3.8, 4) is 0 Å². The van der Waals surface area contributed by atoms with Gasteiger partial charge in [0.2, 0.25) is 5.91 Å². The first-order valence-electron chi connectivity index (χ1n) is 13.1. The summed E-state index contributed by atoms with van der Waals surface area (Å²) in [6.45, 7) is 10.2. The molecule has 1 fully saturated rings. The van der Waals surface area contributed by atoms with E-state index in [1.165, 1.54) is 0 Å². The number of hydrogen-bond acceptors (Lipinski definition) is 5. The monoisotopic (exact) mass is 646 g/mol. The number of rotatable bonds is 6. The molecule has 38 heavy (non-hydrogen) atoms. The molecule has 0 unspecified atom stereocenters. The number of amides is 2. The molecule has 9 heteroatoms. The Kier molecular flexibility index (Phi) is 7.36. The summed E-state index contributed by atoms with van der Waals surface area (Å²) in [4.78, 5) is 42.8. The molecule has 7 nitrogen and oxygen atoms in total. The predicted octanol–water partition coefficient (Wildman–Crippen LogP) is 3.96. The molecule has 202 valence electrons. The van der Waals surface area contributed by atoms with Crippen molar-refractivity contribution < 1.29 is 24.2 Å². The summed E-state index contributed by atoms with van der Waals surface area (Å²) in [5.74, 6) is -0.630. The molecule has 2 amide bonds. The second-order valence-electron chi connectivity index (χ2n) is 11.3. The highest BCUT2D eigenvalue weighted by Gasteiger charge is 2.66. The minimum absolute atomic E-state index is 0.0421. The van der Waals surface area contributed by atoms with E-state index in [0.717, 1.165) is 25.9 Å². The molecule has 0 saturated carbocycles. The summed E-state index contributed by atoms with van der Waals surface area (Å²) >= 11 is 2.24. The topological polar surface area (TPSA) is 90.3 Å². The maximum absolute atomic E-state index is 14.1. The lowest BCUT2D eigenvalue weighted by Gasteiger charge is -2.37. The van der Waals surface area contributed by atoms with Gasteiger partial charge in [0, 0.05) is 33.7 Å². The molecular weight excluding hydrogens is 611 g/mol. The van der Waals surface area contributed by atoms with E-state index < -0.39 is 20.0 Å². The highest BCUT2D eigenvalue weighted by atomic mass is 127. The molecule has 0 aliphatic carbocycles. The van der Waals surface area contributed by atoms with Crippen LogP contribution >= 0.6 is 22.6 Å². The second kappa shape index (κ2) is 10.2. The molecule has 1 saturated heterocycles. The third kappa shape index (κ3) is 4.36. The minimum atomic E-state index is -2.89. The van der Waals surface area contributed by atoms with Crippen molar-refractivity contribution in [3.63, 3.8) is 0 Å². The van der Waals surface area contributed by atoms with Crippen LogP contribution in [0.25, 0.3) is 0 Å². The fourth-order valence-corrected chi connectivity index (χ4v) is 9.94. The molecule has 5 atom stereocenters. The zero-order valence-electron chi connectivity index (χ0n) is 22.1. The molecule has 2 aromatic carbocycles. The van der Waals surface area contributed by atoms with Gasteiger partial charge in [-0.05, 0) is 71.4 Å². The molecule has 0 radical (unpaired) electrons. The molecule has 2 aromatic rings. The molecule has 0 aromatic heterocycles. The van der Waals surface area contributed by atoms with E-state index in [4.69, 9.17) is 4.74 Å². The van der Waals surface area contributed by atoms with Crippen molar-refractivity contribution in [2.75, 3.05) is 18.1 Å². The van der Waals surface area contributed by atoms with Crippen LogP contribution in [0.3, 0.4) is 0 Å². The van der Waals surface area contributed by atoms with Crippen LogP contribution in [-0.4, -0.2) is 60.2 Å². The number of carbonyl (C=O) groups is 2. The Bertz CT molecular complexity index is 1280. The van der Waals surface area contributed by atoms with Crippen molar-refractivity contribution in [1.82, 2.24) is 4.90 Å². The van der Waals surface area contributed by atoms with Gasteiger partial charge in [-0.1, -0.05) is 37.3 Å². The molecule has 2 N–H and O–H groups in total. The molecule has 3 aliphatic heterocycles. The molecule has 0 bridgehead atoms. The number of hydrogen-bond donors (Lipinski definition) is 2. The summed E-state index contributed by atoms with van der Waals surface area (Å²) in [7, 11) is -2.89. The van der Waals surface area contributed by atoms with Crippen LogP contribution < -0.4 is 4.90 Å². The van der Waals surface area contributed by atoms with Gasteiger partial charge >= 0.3 is 0 Å². The van der Waals surface area contributed by atoms with E-state index in [1.54, 1.807) is 15.9 Å². The zero-order chi connectivity index (χ0) is 27.4. The Morgan fingerprint density at radius 3 is 2.63 bits per heavy atom. The Morgan fingerprint density at radius 1 is 1.26 bits per heavy atom. The Hall–Kier alpha value is -2.05. The number of anilines is 1. The van der Waals surface area contributed by atoms with Gasteiger partial charge in [-0.3, -0.25) is 9.59 Å². The number of aliphatic hydroxyl groups excluding tert-OH is 1. The standard InChI is InChI=1S/C29H35IN2O5Si/c1-5-12-31-24-11-10-21(30)14-23(24)29(28(31)35)18(2)27(38(3,4)36)25(37-29)15-26(34)32-16-20-9-7-6-8-19(20)13-22(32)17-33/h5-11,14,18,22,25,27,33,36H,1,12-13,15-17H2,2-4H3/t18-,22+,25+,27-,29+/m1/s1. The smallest absolute Gasteiger partial charge is 0.264 e. The number of fused-ring (bicyclic) bond motifs is 3. The van der Waals surface area contributed by atoms with E-state index in [1.807, 2.05) is 62.5 Å². The summed E-state index contributed by atoms with van der Waals surface area (Å²) in [6.07, 6.45) is 1.71. The highest BCUT2D eigenvalue weighted by Crippen LogP contribution is 2.59. The van der Waals surface area contributed by atoms with Crippen LogP contribution in [0.1, 0.15) is 30.0 Å². The van der Waals surface area contributed by atoms with Crippen LogP contribution in [0.5, 0.6) is 0 Å². The van der Waals surface area contributed by atoms with Crippen molar-refractivity contribution in [2.24, 2.45) is 5.92 Å². The SMILES string of the molecule is C=CCN1C(=O)[C@@]2(O[C@@H](CC(=O)N3Cc4ccccc4C[C@H]3CO)[C@H]([Si](C)(C)O)[C@H]2C)c2cc(I)ccc21. The van der Waals surface area contributed by atoms with E-state index >= 15 is 0 Å². The first-order valence-corrected chi connectivity index (χ1v) is 17.2. The Labute approximate surface area is 238 Å². The van der Waals surface area contributed by atoms with Gasteiger partial charge in [0.25, 0.3) is 5.91 Å². The lowest BCUT2D eigenvalue weighted by molar-refractivity contribution is -0.150. The first-order chi connectivity index (χ1) is 18.0. The third-order valence-electron chi connectivity index (χ3n) is 8.52. The van der Waals surface area contributed by atoms with Gasteiger partial charge in [-0.25, -0.2) is 0 Å². The molecule has 5 rings (SSSR count). The van der Waals surface area contributed by atoms with Gasteiger partial charge < -0.3 is 24.4 Å². The van der Waals surface area contributed by atoms with Gasteiger partial charge in [0.15, 0.2) is 13.9 Å². The maximum Gasteiger partial charge on any atom is 0.264 e. The van der Waals surface area contributed by atoms with Crippen LogP contribution in [0.15, 0.2) is 55.1 Å². The average Bonchev–Trinajstić information content (AvgIpc) is 3.29. The normalized spacial score (nSPS) is 28.5. The van der Waals surface area contributed by atoms with E-state index in [-0.39, 0.29) is 42.3 Å². The number of halogens is 1. The molecule has 3 heterocycles. The van der Waals surface area contributed by atoms with E-state index in [2.05, 4.69) is 29.2 Å². The predicted molar refractivity (Wildman–Crippen MR) is 157 cm³/mol. The molecular formula is C29H35IN2O5Si. The van der Waals surface area contributed by atoms with Gasteiger partial charge in [0.1, 0.15) is 0 Å². The number of benzene rings is 2. The van der Waals surface area contributed by atoms with Crippen molar-refractivity contribution in [3.05, 3.63) is 75.4 Å². The van der Waals surface area contributed by atoms with E-state index in [0.29, 0.717) is 19.5 Å².